The van der Waals surface area contributed by atoms with Crippen LogP contribution in [0.4, 0.5) is 0 Å². The molecule has 0 saturated carbocycles. The first-order chi connectivity index (χ1) is 5.75. The second-order valence-electron chi connectivity index (χ2n) is 3.09. The van der Waals surface area contributed by atoms with Gasteiger partial charge in [-0.3, -0.25) is 4.79 Å². The standard InChI is InChI=1S/C9H16N2O/c1-2-8(9(10)12)11-6-4-3-5-7-11/h2H,3-7H2,1H3,(H2,10,12). The molecule has 0 bridgehead atoms. The maximum absolute atomic E-state index is 10.9. The normalized spacial score (nSPS) is 19.4. The number of hydrogen-bond acceptors (Lipinski definition) is 2. The van der Waals surface area contributed by atoms with Crippen molar-refractivity contribution in [3.63, 3.8) is 0 Å². The van der Waals surface area contributed by atoms with E-state index in [4.69, 9.17) is 5.73 Å². The molecule has 1 heterocycles. The third-order valence-corrected chi connectivity index (χ3v) is 2.22. The lowest BCUT2D eigenvalue weighted by molar-refractivity contribution is -0.116. The van der Waals surface area contributed by atoms with Crippen LogP contribution in [0.3, 0.4) is 0 Å². The van der Waals surface area contributed by atoms with E-state index in [0.717, 1.165) is 13.1 Å². The van der Waals surface area contributed by atoms with Gasteiger partial charge >= 0.3 is 0 Å². The number of carbonyl (C=O) groups excluding carboxylic acids is 1. The number of allylic oxidation sites excluding steroid dienone is 1. The van der Waals surface area contributed by atoms with Crippen molar-refractivity contribution in [1.82, 2.24) is 4.90 Å². The highest BCUT2D eigenvalue weighted by molar-refractivity contribution is 5.91. The van der Waals surface area contributed by atoms with Crippen LogP contribution in [0.1, 0.15) is 26.2 Å². The van der Waals surface area contributed by atoms with Crippen LogP contribution in [0.15, 0.2) is 11.8 Å². The molecule has 1 saturated heterocycles. The number of amides is 1. The summed E-state index contributed by atoms with van der Waals surface area (Å²) in [5.41, 5.74) is 5.90. The minimum absolute atomic E-state index is 0.306. The zero-order valence-corrected chi connectivity index (χ0v) is 7.55. The fourth-order valence-electron chi connectivity index (χ4n) is 1.62. The zero-order valence-electron chi connectivity index (χ0n) is 7.55. The molecule has 0 aliphatic carbocycles. The molecule has 1 fully saturated rings. The molecular formula is C9H16N2O. The largest absolute Gasteiger partial charge is 0.367 e. The molecule has 0 unspecified atom stereocenters. The number of likely N-dealkylation sites (tertiary alicyclic amines) is 1. The van der Waals surface area contributed by atoms with Crippen LogP contribution >= 0.6 is 0 Å². The Hall–Kier alpha value is -0.990. The molecule has 0 aromatic carbocycles. The second-order valence-corrected chi connectivity index (χ2v) is 3.09. The van der Waals surface area contributed by atoms with Crippen LogP contribution in [-0.4, -0.2) is 23.9 Å². The third kappa shape index (κ3) is 2.00. The Morgan fingerprint density at radius 1 is 1.33 bits per heavy atom. The Balaban J connectivity index is 2.59. The van der Waals surface area contributed by atoms with Crippen molar-refractivity contribution in [1.29, 1.82) is 0 Å². The maximum atomic E-state index is 10.9. The average molecular weight is 168 g/mol. The third-order valence-electron chi connectivity index (χ3n) is 2.22. The number of primary amides is 1. The molecule has 0 spiro atoms. The summed E-state index contributed by atoms with van der Waals surface area (Å²) in [5.74, 6) is -0.306. The lowest BCUT2D eigenvalue weighted by Crippen LogP contribution is -2.35. The van der Waals surface area contributed by atoms with E-state index < -0.39 is 0 Å². The predicted octanol–water partition coefficient (Wildman–Crippen LogP) is 0.861. The SMILES string of the molecule is CC=C(C(N)=O)N1CCCCC1. The topological polar surface area (TPSA) is 46.3 Å². The van der Waals surface area contributed by atoms with Gasteiger partial charge in [0.05, 0.1) is 5.70 Å². The molecule has 1 amide bonds. The molecule has 12 heavy (non-hydrogen) atoms. The summed E-state index contributed by atoms with van der Waals surface area (Å²) in [7, 11) is 0. The van der Waals surface area contributed by atoms with Gasteiger partial charge in [-0.05, 0) is 26.2 Å². The Morgan fingerprint density at radius 3 is 2.33 bits per heavy atom. The van der Waals surface area contributed by atoms with Crippen molar-refractivity contribution < 1.29 is 4.79 Å². The van der Waals surface area contributed by atoms with Crippen molar-refractivity contribution >= 4 is 5.91 Å². The van der Waals surface area contributed by atoms with Gasteiger partial charge in [-0.15, -0.1) is 0 Å². The van der Waals surface area contributed by atoms with Crippen LogP contribution in [0, 0.1) is 0 Å². The molecule has 2 N–H and O–H groups in total. The van der Waals surface area contributed by atoms with Crippen molar-refractivity contribution in [2.75, 3.05) is 13.1 Å². The predicted molar refractivity (Wildman–Crippen MR) is 48.4 cm³/mol. The van der Waals surface area contributed by atoms with Crippen LogP contribution in [0.5, 0.6) is 0 Å². The van der Waals surface area contributed by atoms with Crippen molar-refractivity contribution in [3.05, 3.63) is 11.8 Å². The van der Waals surface area contributed by atoms with Gasteiger partial charge in [0.2, 0.25) is 0 Å². The fraction of sp³-hybridized carbons (Fsp3) is 0.667. The maximum Gasteiger partial charge on any atom is 0.264 e. The number of nitrogens with zero attached hydrogens (tertiary/aromatic N) is 1. The van der Waals surface area contributed by atoms with Gasteiger partial charge in [-0.25, -0.2) is 0 Å². The van der Waals surface area contributed by atoms with Crippen LogP contribution < -0.4 is 5.73 Å². The lowest BCUT2D eigenvalue weighted by Gasteiger charge is -2.29. The molecule has 1 rings (SSSR count). The highest BCUT2D eigenvalue weighted by Gasteiger charge is 2.15. The van der Waals surface area contributed by atoms with E-state index in [1.54, 1.807) is 6.08 Å². The van der Waals surface area contributed by atoms with E-state index in [2.05, 4.69) is 4.90 Å². The number of rotatable bonds is 2. The van der Waals surface area contributed by atoms with E-state index in [0.29, 0.717) is 5.70 Å². The Kier molecular flexibility index (Phi) is 3.14. The molecule has 0 atom stereocenters. The highest BCUT2D eigenvalue weighted by atomic mass is 16.1. The number of piperidine rings is 1. The molecule has 68 valence electrons. The van der Waals surface area contributed by atoms with Crippen molar-refractivity contribution in [3.8, 4) is 0 Å². The Labute approximate surface area is 73.2 Å². The summed E-state index contributed by atoms with van der Waals surface area (Å²) in [6.07, 6.45) is 5.41. The summed E-state index contributed by atoms with van der Waals surface area (Å²) >= 11 is 0. The van der Waals surface area contributed by atoms with Gasteiger partial charge < -0.3 is 10.6 Å². The van der Waals surface area contributed by atoms with Gasteiger partial charge in [0.15, 0.2) is 0 Å². The van der Waals surface area contributed by atoms with E-state index in [-0.39, 0.29) is 5.91 Å². The zero-order chi connectivity index (χ0) is 8.97. The molecule has 1 aliphatic heterocycles. The number of nitrogens with two attached hydrogens (primary N) is 1. The van der Waals surface area contributed by atoms with Crippen LogP contribution in [0.2, 0.25) is 0 Å². The first-order valence-electron chi connectivity index (χ1n) is 4.46. The fourth-order valence-corrected chi connectivity index (χ4v) is 1.62. The minimum Gasteiger partial charge on any atom is -0.367 e. The molecule has 3 heteroatoms. The minimum atomic E-state index is -0.306. The van der Waals surface area contributed by atoms with Crippen molar-refractivity contribution in [2.24, 2.45) is 5.73 Å². The number of carbonyl (C=O) groups is 1. The van der Waals surface area contributed by atoms with Gasteiger partial charge in [0.25, 0.3) is 5.91 Å². The van der Waals surface area contributed by atoms with Gasteiger partial charge in [0.1, 0.15) is 0 Å². The number of hydrogen-bond donors (Lipinski definition) is 1. The van der Waals surface area contributed by atoms with E-state index in [1.807, 2.05) is 6.92 Å². The quantitative estimate of drug-likeness (QED) is 0.622. The highest BCUT2D eigenvalue weighted by Crippen LogP contribution is 2.13. The van der Waals surface area contributed by atoms with E-state index in [9.17, 15) is 4.79 Å². The van der Waals surface area contributed by atoms with Crippen molar-refractivity contribution in [2.45, 2.75) is 26.2 Å². The van der Waals surface area contributed by atoms with Crippen LogP contribution in [-0.2, 0) is 4.79 Å². The molecular weight excluding hydrogens is 152 g/mol. The molecule has 1 aliphatic rings. The molecule has 3 nitrogen and oxygen atoms in total. The molecule has 0 aromatic heterocycles. The monoisotopic (exact) mass is 168 g/mol. The van der Waals surface area contributed by atoms with Gasteiger partial charge in [-0.2, -0.15) is 0 Å². The average Bonchev–Trinajstić information content (AvgIpc) is 2.07. The Morgan fingerprint density at radius 2 is 1.92 bits per heavy atom. The Bertz CT molecular complexity index is 193. The van der Waals surface area contributed by atoms with Gasteiger partial charge in [0, 0.05) is 13.1 Å². The van der Waals surface area contributed by atoms with Crippen LogP contribution in [0.25, 0.3) is 0 Å². The summed E-state index contributed by atoms with van der Waals surface area (Å²) in [6, 6.07) is 0. The molecule has 0 radical (unpaired) electrons. The van der Waals surface area contributed by atoms with E-state index >= 15 is 0 Å². The summed E-state index contributed by atoms with van der Waals surface area (Å²) < 4.78 is 0. The summed E-state index contributed by atoms with van der Waals surface area (Å²) in [5, 5.41) is 0. The first kappa shape index (κ1) is 9.10. The lowest BCUT2D eigenvalue weighted by atomic mass is 10.1. The summed E-state index contributed by atoms with van der Waals surface area (Å²) in [4.78, 5) is 13.0. The van der Waals surface area contributed by atoms with E-state index in [1.165, 1.54) is 19.3 Å². The smallest absolute Gasteiger partial charge is 0.264 e. The summed E-state index contributed by atoms with van der Waals surface area (Å²) in [6.45, 7) is 3.81. The molecule has 0 aromatic rings. The first-order valence-corrected chi connectivity index (χ1v) is 4.46. The van der Waals surface area contributed by atoms with Gasteiger partial charge in [-0.1, -0.05) is 6.08 Å². The second kappa shape index (κ2) is 4.14.